The van der Waals surface area contributed by atoms with Crippen LogP contribution >= 0.6 is 0 Å². The average molecular weight is 432 g/mol. The van der Waals surface area contributed by atoms with E-state index in [-0.39, 0.29) is 0 Å². The summed E-state index contributed by atoms with van der Waals surface area (Å²) in [5.41, 5.74) is 2.91. The molecule has 1 aliphatic carbocycles. The summed E-state index contributed by atoms with van der Waals surface area (Å²) in [6.45, 7) is 1.90. The van der Waals surface area contributed by atoms with Gasteiger partial charge in [0.15, 0.2) is 5.82 Å². The van der Waals surface area contributed by atoms with Crippen LogP contribution in [0.4, 0.5) is 5.82 Å². The molecule has 4 heterocycles. The lowest BCUT2D eigenvalue weighted by atomic mass is 9.79. The monoisotopic (exact) mass is 431 g/mol. The number of aromatic amines is 2. The zero-order valence-electron chi connectivity index (χ0n) is 18.2. The molecule has 6 rings (SSSR count). The summed E-state index contributed by atoms with van der Waals surface area (Å²) in [6.07, 6.45) is 12.0. The van der Waals surface area contributed by atoms with E-state index in [0.717, 1.165) is 64.2 Å². The largest absolute Gasteiger partial charge is 0.381 e. The normalized spacial score (nSPS) is 22.5. The highest BCUT2D eigenvalue weighted by Gasteiger charge is 2.26. The van der Waals surface area contributed by atoms with Crippen LogP contribution in [0.5, 0.6) is 0 Å². The van der Waals surface area contributed by atoms with Crippen molar-refractivity contribution in [3.63, 3.8) is 0 Å². The van der Waals surface area contributed by atoms with Gasteiger partial charge in [-0.15, -0.1) is 0 Å². The Morgan fingerprint density at radius 3 is 2.59 bits per heavy atom. The fourth-order valence-electron chi connectivity index (χ4n) is 5.51. The molecule has 4 aromatic rings. The van der Waals surface area contributed by atoms with Crippen LogP contribution in [0.3, 0.4) is 0 Å². The lowest BCUT2D eigenvalue weighted by molar-refractivity contribution is 0.0560. The lowest BCUT2D eigenvalue weighted by Gasteiger charge is -2.32. The molecule has 1 saturated heterocycles. The molecule has 1 aliphatic heterocycles. The second-order valence-electron chi connectivity index (χ2n) is 9.32. The molecule has 0 amide bonds. The summed E-state index contributed by atoms with van der Waals surface area (Å²) in [4.78, 5) is 16.9. The number of ether oxygens (including phenoxy) is 1. The van der Waals surface area contributed by atoms with Crippen molar-refractivity contribution in [3.8, 4) is 11.4 Å². The lowest BCUT2D eigenvalue weighted by Crippen LogP contribution is -2.28. The predicted molar refractivity (Wildman–Crippen MR) is 124 cm³/mol. The zero-order chi connectivity index (χ0) is 21.3. The van der Waals surface area contributed by atoms with E-state index >= 15 is 0 Å². The summed E-state index contributed by atoms with van der Waals surface area (Å²) >= 11 is 0. The van der Waals surface area contributed by atoms with Gasteiger partial charge in [-0.3, -0.25) is 5.10 Å². The molecule has 3 N–H and O–H groups in total. The maximum absolute atomic E-state index is 5.53. The molecule has 2 fully saturated rings. The van der Waals surface area contributed by atoms with Crippen molar-refractivity contribution in [2.24, 2.45) is 11.8 Å². The third-order valence-electron chi connectivity index (χ3n) is 7.27. The number of nitrogens with zero attached hydrogens (tertiary/aromatic N) is 4. The molecular weight excluding hydrogens is 402 g/mol. The van der Waals surface area contributed by atoms with Crippen LogP contribution in [-0.4, -0.2) is 49.4 Å². The molecule has 166 valence electrons. The van der Waals surface area contributed by atoms with E-state index in [1.807, 2.05) is 6.07 Å². The Kier molecular flexibility index (Phi) is 5.23. The molecule has 0 spiro atoms. The molecule has 8 nitrogen and oxygen atoms in total. The van der Waals surface area contributed by atoms with Crippen LogP contribution in [-0.2, 0) is 4.74 Å². The first-order chi connectivity index (χ1) is 15.8. The van der Waals surface area contributed by atoms with Gasteiger partial charge in [-0.05, 0) is 75.0 Å². The zero-order valence-corrected chi connectivity index (χ0v) is 18.2. The van der Waals surface area contributed by atoms with Crippen LogP contribution in [0.2, 0.25) is 0 Å². The first kappa shape index (κ1) is 19.7. The van der Waals surface area contributed by atoms with Crippen LogP contribution in [0.1, 0.15) is 44.9 Å². The first-order valence-electron chi connectivity index (χ1n) is 11.8. The molecule has 0 bridgehead atoms. The third kappa shape index (κ3) is 3.83. The Hall–Kier alpha value is -3.00. The SMILES string of the molecule is c1n[nH]c(-c2ccc3[nH]c4ncnc(NC5CCC(CC6CCOCC6)CC5)c4c3c2)n1. The van der Waals surface area contributed by atoms with Crippen LogP contribution in [0, 0.1) is 11.8 Å². The van der Waals surface area contributed by atoms with E-state index in [9.17, 15) is 0 Å². The fourth-order valence-corrected chi connectivity index (χ4v) is 5.51. The number of hydrogen-bond donors (Lipinski definition) is 3. The van der Waals surface area contributed by atoms with E-state index in [0.29, 0.717) is 6.04 Å². The van der Waals surface area contributed by atoms with Crippen LogP contribution in [0.15, 0.2) is 30.9 Å². The fraction of sp³-hybridized carbons (Fsp3) is 0.500. The highest BCUT2D eigenvalue weighted by atomic mass is 16.5. The van der Waals surface area contributed by atoms with Gasteiger partial charge in [0, 0.05) is 35.7 Å². The third-order valence-corrected chi connectivity index (χ3v) is 7.27. The molecule has 1 aromatic carbocycles. The summed E-state index contributed by atoms with van der Waals surface area (Å²) < 4.78 is 5.53. The molecule has 1 saturated carbocycles. The van der Waals surface area contributed by atoms with Gasteiger partial charge in [0.05, 0.1) is 5.39 Å². The molecule has 2 aliphatic rings. The highest BCUT2D eigenvalue weighted by molar-refractivity contribution is 6.12. The molecule has 3 aromatic heterocycles. The summed E-state index contributed by atoms with van der Waals surface area (Å²) in [6, 6.07) is 6.70. The van der Waals surface area contributed by atoms with Gasteiger partial charge in [0.25, 0.3) is 0 Å². The summed E-state index contributed by atoms with van der Waals surface area (Å²) in [5.74, 6) is 3.41. The average Bonchev–Trinajstić information content (AvgIpc) is 3.49. The van der Waals surface area contributed by atoms with Crippen molar-refractivity contribution >= 4 is 27.8 Å². The smallest absolute Gasteiger partial charge is 0.155 e. The van der Waals surface area contributed by atoms with E-state index < -0.39 is 0 Å². The van der Waals surface area contributed by atoms with Crippen molar-refractivity contribution in [3.05, 3.63) is 30.9 Å². The minimum atomic E-state index is 0.460. The Labute approximate surface area is 186 Å². The minimum Gasteiger partial charge on any atom is -0.381 e. The Bertz CT molecular complexity index is 1190. The standard InChI is InChI=1S/C24H29N7O/c1-4-18(5-2-15(1)11-16-7-9-32-10-8-16)29-23-21-19-12-17(22-27-14-28-31-22)3-6-20(19)30-24(21)26-13-25-23/h3,6,12-16,18H,1-2,4-5,7-11H2,(H,27,28,31)(H2,25,26,29,30). The number of rotatable bonds is 5. The molecule has 32 heavy (non-hydrogen) atoms. The highest BCUT2D eigenvalue weighted by Crippen LogP contribution is 2.36. The molecule has 0 unspecified atom stereocenters. The quantitative estimate of drug-likeness (QED) is 0.424. The van der Waals surface area contributed by atoms with Crippen molar-refractivity contribution in [2.75, 3.05) is 18.5 Å². The van der Waals surface area contributed by atoms with E-state index in [4.69, 9.17) is 4.74 Å². The number of H-pyrrole nitrogens is 2. The first-order valence-corrected chi connectivity index (χ1v) is 11.8. The Balaban J connectivity index is 1.21. The molecular formula is C24H29N7O. The predicted octanol–water partition coefficient (Wildman–Crippen LogP) is 4.68. The number of nitrogens with one attached hydrogen (secondary N) is 3. The second-order valence-corrected chi connectivity index (χ2v) is 9.32. The number of aromatic nitrogens is 6. The van der Waals surface area contributed by atoms with E-state index in [1.54, 1.807) is 6.33 Å². The second kappa shape index (κ2) is 8.50. The minimum absolute atomic E-state index is 0.460. The van der Waals surface area contributed by atoms with Crippen molar-refractivity contribution in [1.29, 1.82) is 0 Å². The van der Waals surface area contributed by atoms with Crippen LogP contribution < -0.4 is 5.32 Å². The van der Waals surface area contributed by atoms with Gasteiger partial charge >= 0.3 is 0 Å². The number of anilines is 1. The Morgan fingerprint density at radius 2 is 1.78 bits per heavy atom. The number of fused-ring (bicyclic) bond motifs is 3. The van der Waals surface area contributed by atoms with Gasteiger partial charge in [0.2, 0.25) is 0 Å². The van der Waals surface area contributed by atoms with Crippen molar-refractivity contribution in [1.82, 2.24) is 30.1 Å². The molecule has 0 radical (unpaired) electrons. The number of benzene rings is 1. The van der Waals surface area contributed by atoms with Gasteiger partial charge < -0.3 is 15.0 Å². The Morgan fingerprint density at radius 1 is 0.938 bits per heavy atom. The summed E-state index contributed by atoms with van der Waals surface area (Å²) in [7, 11) is 0. The van der Waals surface area contributed by atoms with Crippen LogP contribution in [0.25, 0.3) is 33.3 Å². The van der Waals surface area contributed by atoms with Gasteiger partial charge in [0.1, 0.15) is 24.1 Å². The maximum Gasteiger partial charge on any atom is 0.155 e. The van der Waals surface area contributed by atoms with Gasteiger partial charge in [-0.2, -0.15) is 5.10 Å². The number of hydrogen-bond acceptors (Lipinski definition) is 6. The molecule has 8 heteroatoms. The van der Waals surface area contributed by atoms with Gasteiger partial charge in [-0.1, -0.05) is 0 Å². The van der Waals surface area contributed by atoms with Crippen molar-refractivity contribution < 1.29 is 4.74 Å². The molecule has 0 atom stereocenters. The van der Waals surface area contributed by atoms with E-state index in [1.165, 1.54) is 51.3 Å². The van der Waals surface area contributed by atoms with Gasteiger partial charge in [-0.25, -0.2) is 15.0 Å². The summed E-state index contributed by atoms with van der Waals surface area (Å²) in [5, 5.41) is 12.8. The van der Waals surface area contributed by atoms with Crippen molar-refractivity contribution in [2.45, 2.75) is 51.0 Å². The maximum atomic E-state index is 5.53. The van der Waals surface area contributed by atoms with E-state index in [2.05, 4.69) is 47.6 Å². The topological polar surface area (TPSA) is 104 Å².